The molecule has 2 rings (SSSR count). The Morgan fingerprint density at radius 1 is 1.07 bits per heavy atom. The lowest BCUT2D eigenvalue weighted by molar-refractivity contribution is 0.183. The zero-order valence-corrected chi connectivity index (χ0v) is 18.5. The minimum absolute atomic E-state index is 0.0491. The molecule has 0 saturated heterocycles. The number of ether oxygens (including phenoxy) is 2. The summed E-state index contributed by atoms with van der Waals surface area (Å²) in [5.41, 5.74) is 6.90. The van der Waals surface area contributed by atoms with Gasteiger partial charge in [-0.1, -0.05) is 29.8 Å². The van der Waals surface area contributed by atoms with E-state index in [4.69, 9.17) is 31.4 Å². The van der Waals surface area contributed by atoms with E-state index < -0.39 is 28.0 Å². The lowest BCUT2D eigenvalue weighted by atomic mass is 9.90. The summed E-state index contributed by atoms with van der Waals surface area (Å²) < 4.78 is 41.7. The molecule has 166 valence electrons. The third kappa shape index (κ3) is 8.12. The summed E-state index contributed by atoms with van der Waals surface area (Å²) in [6, 6.07) is 13.1. The van der Waals surface area contributed by atoms with Crippen LogP contribution < -0.4 is 15.2 Å². The van der Waals surface area contributed by atoms with Crippen LogP contribution in [0.2, 0.25) is 5.02 Å². The highest BCUT2D eigenvalue weighted by molar-refractivity contribution is 7.85. The molecule has 0 radical (unpaired) electrons. The fourth-order valence-electron chi connectivity index (χ4n) is 2.90. The second-order valence-electron chi connectivity index (χ2n) is 7.26. The van der Waals surface area contributed by atoms with Gasteiger partial charge in [-0.25, -0.2) is 0 Å². The van der Waals surface area contributed by atoms with Crippen LogP contribution in [0, 0.1) is 0 Å². The highest BCUT2D eigenvalue weighted by Gasteiger charge is 2.26. The Bertz CT molecular complexity index is 920. The van der Waals surface area contributed by atoms with E-state index in [1.54, 1.807) is 13.2 Å². The molecule has 0 aliphatic heterocycles. The molecule has 2 aromatic carbocycles. The first-order valence-electron chi connectivity index (χ1n) is 9.53. The molecule has 0 saturated carbocycles. The Morgan fingerprint density at radius 3 is 2.30 bits per heavy atom. The van der Waals surface area contributed by atoms with Crippen molar-refractivity contribution in [2.75, 3.05) is 26.1 Å². The Morgan fingerprint density at radius 2 is 1.73 bits per heavy atom. The molecule has 1 atom stereocenters. The third-order valence-electron chi connectivity index (χ3n) is 4.91. The summed E-state index contributed by atoms with van der Waals surface area (Å²) >= 11 is 6.35. The summed E-state index contributed by atoms with van der Waals surface area (Å²) in [6.07, 6.45) is 1.46. The Kier molecular flexibility index (Phi) is 8.93. The second kappa shape index (κ2) is 11.0. The minimum Gasteiger partial charge on any atom is -0.497 e. The average molecular weight is 458 g/mol. The van der Waals surface area contributed by atoms with E-state index in [0.717, 1.165) is 23.3 Å². The van der Waals surface area contributed by atoms with Gasteiger partial charge in [0.25, 0.3) is 10.1 Å². The number of aliphatic hydroxyl groups excluding tert-OH is 1. The SMILES string of the molecule is COc1ccc(CCOc2ccc(CCC(N)(CO)CCS(=O)(=O)O)c(Cl)c2)cc1. The van der Waals surface area contributed by atoms with E-state index in [1.165, 1.54) is 0 Å². The van der Waals surface area contributed by atoms with E-state index in [9.17, 15) is 13.5 Å². The van der Waals surface area contributed by atoms with Crippen molar-refractivity contribution in [3.05, 3.63) is 58.6 Å². The molecule has 0 heterocycles. The number of nitrogens with two attached hydrogens (primary N) is 1. The zero-order chi connectivity index (χ0) is 22.2. The molecule has 0 bridgehead atoms. The monoisotopic (exact) mass is 457 g/mol. The molecule has 0 spiro atoms. The molecular formula is C21H28ClNO6S. The molecule has 4 N–H and O–H groups in total. The molecule has 0 aliphatic rings. The number of hydrogen-bond acceptors (Lipinski definition) is 6. The van der Waals surface area contributed by atoms with Crippen molar-refractivity contribution in [3.63, 3.8) is 0 Å². The molecular weight excluding hydrogens is 430 g/mol. The largest absolute Gasteiger partial charge is 0.497 e. The Hall–Kier alpha value is -1.84. The van der Waals surface area contributed by atoms with Gasteiger partial charge in [0, 0.05) is 17.0 Å². The number of methoxy groups -OCH3 is 1. The molecule has 30 heavy (non-hydrogen) atoms. The van der Waals surface area contributed by atoms with Gasteiger partial charge in [-0.2, -0.15) is 8.42 Å². The van der Waals surface area contributed by atoms with E-state index >= 15 is 0 Å². The van der Waals surface area contributed by atoms with E-state index in [2.05, 4.69) is 0 Å². The molecule has 0 amide bonds. The minimum atomic E-state index is -4.14. The first-order valence-corrected chi connectivity index (χ1v) is 11.5. The van der Waals surface area contributed by atoms with Gasteiger partial charge >= 0.3 is 0 Å². The smallest absolute Gasteiger partial charge is 0.264 e. The van der Waals surface area contributed by atoms with Crippen LogP contribution in [0.4, 0.5) is 0 Å². The fraction of sp³-hybridized carbons (Fsp3) is 0.429. The second-order valence-corrected chi connectivity index (χ2v) is 9.24. The van der Waals surface area contributed by atoms with Gasteiger partial charge in [-0.15, -0.1) is 0 Å². The van der Waals surface area contributed by atoms with Gasteiger partial charge in [0.1, 0.15) is 11.5 Å². The predicted octanol–water partition coefficient (Wildman–Crippen LogP) is 2.87. The zero-order valence-electron chi connectivity index (χ0n) is 16.9. The normalized spacial score (nSPS) is 13.6. The van der Waals surface area contributed by atoms with Crippen LogP contribution in [0.5, 0.6) is 11.5 Å². The van der Waals surface area contributed by atoms with Crippen molar-refractivity contribution in [2.45, 2.75) is 31.2 Å². The average Bonchev–Trinajstić information content (AvgIpc) is 2.72. The van der Waals surface area contributed by atoms with E-state index in [-0.39, 0.29) is 6.42 Å². The Labute approximate surface area is 182 Å². The predicted molar refractivity (Wildman–Crippen MR) is 117 cm³/mol. The van der Waals surface area contributed by atoms with Gasteiger partial charge in [0.05, 0.1) is 26.1 Å². The summed E-state index contributed by atoms with van der Waals surface area (Å²) in [5, 5.41) is 10.0. The maximum absolute atomic E-state index is 10.9. The first kappa shape index (κ1) is 24.4. The number of benzene rings is 2. The molecule has 0 fully saturated rings. The highest BCUT2D eigenvalue weighted by atomic mass is 35.5. The van der Waals surface area contributed by atoms with Gasteiger partial charge in [0.2, 0.25) is 0 Å². The van der Waals surface area contributed by atoms with Gasteiger partial charge < -0.3 is 20.3 Å². The van der Waals surface area contributed by atoms with Gasteiger partial charge in [-0.3, -0.25) is 4.55 Å². The maximum atomic E-state index is 10.9. The highest BCUT2D eigenvalue weighted by Crippen LogP contribution is 2.26. The van der Waals surface area contributed by atoms with Crippen molar-refractivity contribution >= 4 is 21.7 Å². The van der Waals surface area contributed by atoms with E-state index in [0.29, 0.717) is 30.2 Å². The summed E-state index contributed by atoms with van der Waals surface area (Å²) in [4.78, 5) is 0. The summed E-state index contributed by atoms with van der Waals surface area (Å²) in [6.45, 7) is 0.0980. The quantitative estimate of drug-likeness (QED) is 0.419. The van der Waals surface area contributed by atoms with Crippen molar-refractivity contribution < 1.29 is 27.6 Å². The molecule has 2 aromatic rings. The van der Waals surface area contributed by atoms with Crippen LogP contribution in [-0.4, -0.2) is 49.7 Å². The number of aliphatic hydroxyl groups is 1. The topological polar surface area (TPSA) is 119 Å². The van der Waals surface area contributed by atoms with Crippen LogP contribution in [0.3, 0.4) is 0 Å². The molecule has 0 aromatic heterocycles. The van der Waals surface area contributed by atoms with E-state index in [1.807, 2.05) is 36.4 Å². The lowest BCUT2D eigenvalue weighted by Gasteiger charge is -2.27. The van der Waals surface area contributed by atoms with Crippen LogP contribution in [0.15, 0.2) is 42.5 Å². The number of halogens is 1. The summed E-state index contributed by atoms with van der Waals surface area (Å²) in [5.74, 6) is 0.950. The third-order valence-corrected chi connectivity index (χ3v) is 5.98. The van der Waals surface area contributed by atoms with Crippen molar-refractivity contribution in [1.29, 1.82) is 0 Å². The lowest BCUT2D eigenvalue weighted by Crippen LogP contribution is -2.45. The standard InChI is InChI=1S/C21H28ClNO6S/c1-28-18-5-2-16(3-6-18)9-12-29-19-7-4-17(20(22)14-19)8-10-21(23,15-24)11-13-30(25,26)27/h2-7,14,24H,8-13,15,23H2,1H3,(H,25,26,27). The van der Waals surface area contributed by atoms with Crippen molar-refractivity contribution in [1.82, 2.24) is 0 Å². The number of rotatable bonds is 12. The number of hydrogen-bond donors (Lipinski definition) is 3. The van der Waals surface area contributed by atoms with Gasteiger partial charge in [0.15, 0.2) is 0 Å². The van der Waals surface area contributed by atoms with Gasteiger partial charge in [-0.05, 0) is 54.7 Å². The van der Waals surface area contributed by atoms with Crippen LogP contribution >= 0.6 is 11.6 Å². The molecule has 9 heteroatoms. The number of aryl methyl sites for hydroxylation is 1. The Balaban J connectivity index is 1.87. The molecule has 7 nitrogen and oxygen atoms in total. The first-order chi connectivity index (χ1) is 14.1. The summed E-state index contributed by atoms with van der Waals surface area (Å²) in [7, 11) is -2.51. The maximum Gasteiger partial charge on any atom is 0.264 e. The van der Waals surface area contributed by atoms with Crippen LogP contribution in [0.25, 0.3) is 0 Å². The van der Waals surface area contributed by atoms with Crippen LogP contribution in [0.1, 0.15) is 24.0 Å². The van der Waals surface area contributed by atoms with Crippen LogP contribution in [-0.2, 0) is 23.0 Å². The molecule has 0 aliphatic carbocycles. The van der Waals surface area contributed by atoms with Crippen molar-refractivity contribution in [2.24, 2.45) is 5.73 Å². The fourth-order valence-corrected chi connectivity index (χ4v) is 3.83. The van der Waals surface area contributed by atoms with Crippen molar-refractivity contribution in [3.8, 4) is 11.5 Å². The molecule has 1 unspecified atom stereocenters.